The number of aliphatic hydroxyl groups excluding tert-OH is 1. The number of nitrogens with zero attached hydrogens (tertiary/aromatic N) is 1. The van der Waals surface area contributed by atoms with Crippen LogP contribution in [0, 0.1) is 0 Å². The molecule has 0 aromatic rings. The van der Waals surface area contributed by atoms with Gasteiger partial charge in [0.05, 0.1) is 11.7 Å². The smallest absolute Gasteiger partial charge is 0.0769 e. The Kier molecular flexibility index (Phi) is 3.57. The van der Waals surface area contributed by atoms with E-state index >= 15 is 0 Å². The number of piperidine rings is 1. The molecule has 2 bridgehead atoms. The Balaban J connectivity index is 2.01. The van der Waals surface area contributed by atoms with Crippen molar-refractivity contribution in [3.63, 3.8) is 0 Å². The molecule has 3 nitrogen and oxygen atoms in total. The molecule has 2 saturated heterocycles. The van der Waals surface area contributed by atoms with E-state index in [2.05, 4.69) is 18.7 Å². The van der Waals surface area contributed by atoms with E-state index in [1.165, 1.54) is 12.8 Å². The highest BCUT2D eigenvalue weighted by molar-refractivity contribution is 4.97. The van der Waals surface area contributed by atoms with Crippen LogP contribution in [0.3, 0.4) is 0 Å². The summed E-state index contributed by atoms with van der Waals surface area (Å²) in [6.07, 6.45) is 5.74. The lowest BCUT2D eigenvalue weighted by Crippen LogP contribution is -2.51. The van der Waals surface area contributed by atoms with E-state index < -0.39 is 5.60 Å². The lowest BCUT2D eigenvalue weighted by molar-refractivity contribution is -0.0443. The molecule has 2 N–H and O–H groups in total. The van der Waals surface area contributed by atoms with Crippen LogP contribution in [0.5, 0.6) is 0 Å². The quantitative estimate of drug-likeness (QED) is 0.765. The third-order valence-electron chi connectivity index (χ3n) is 4.65. The summed E-state index contributed by atoms with van der Waals surface area (Å²) in [5, 5.41) is 20.1. The third-order valence-corrected chi connectivity index (χ3v) is 4.65. The summed E-state index contributed by atoms with van der Waals surface area (Å²) in [6.45, 7) is 4.91. The minimum Gasteiger partial charge on any atom is -0.393 e. The van der Waals surface area contributed by atoms with Gasteiger partial charge < -0.3 is 10.2 Å². The van der Waals surface area contributed by atoms with Crippen molar-refractivity contribution in [2.24, 2.45) is 0 Å². The van der Waals surface area contributed by atoms with Crippen molar-refractivity contribution in [2.75, 3.05) is 6.54 Å². The van der Waals surface area contributed by atoms with Crippen LogP contribution in [-0.2, 0) is 0 Å². The zero-order valence-corrected chi connectivity index (χ0v) is 10.5. The van der Waals surface area contributed by atoms with Crippen molar-refractivity contribution in [1.29, 1.82) is 0 Å². The maximum Gasteiger partial charge on any atom is 0.0769 e. The lowest BCUT2D eigenvalue weighted by Gasteiger charge is -2.41. The maximum atomic E-state index is 10.4. The van der Waals surface area contributed by atoms with E-state index in [0.29, 0.717) is 12.1 Å². The molecule has 2 aliphatic heterocycles. The van der Waals surface area contributed by atoms with Gasteiger partial charge in [-0.25, -0.2) is 0 Å². The van der Waals surface area contributed by atoms with Crippen LogP contribution < -0.4 is 0 Å². The molecule has 2 fully saturated rings. The van der Waals surface area contributed by atoms with Crippen LogP contribution in [0.2, 0.25) is 0 Å². The third kappa shape index (κ3) is 2.27. The largest absolute Gasteiger partial charge is 0.393 e. The molecule has 2 atom stereocenters. The predicted molar refractivity (Wildman–Crippen MR) is 64.3 cm³/mol. The number of fused-ring (bicyclic) bond motifs is 2. The van der Waals surface area contributed by atoms with Gasteiger partial charge >= 0.3 is 0 Å². The molecule has 0 aliphatic carbocycles. The molecule has 0 aromatic heterocycles. The Bertz CT molecular complexity index is 226. The SMILES string of the molecule is CCC(O)(CC)CN1C2CCC1CC(O)C2. The summed E-state index contributed by atoms with van der Waals surface area (Å²) in [6, 6.07) is 1.02. The van der Waals surface area contributed by atoms with E-state index in [1.54, 1.807) is 0 Å². The van der Waals surface area contributed by atoms with Gasteiger partial charge in [0.2, 0.25) is 0 Å². The molecule has 16 heavy (non-hydrogen) atoms. The summed E-state index contributed by atoms with van der Waals surface area (Å²) in [5.74, 6) is 0. The second-order valence-electron chi connectivity index (χ2n) is 5.61. The fraction of sp³-hybridized carbons (Fsp3) is 1.00. The Morgan fingerprint density at radius 1 is 1.12 bits per heavy atom. The summed E-state index contributed by atoms with van der Waals surface area (Å²) in [5.41, 5.74) is -0.525. The van der Waals surface area contributed by atoms with Crippen LogP contribution in [-0.4, -0.2) is 45.4 Å². The van der Waals surface area contributed by atoms with Crippen LogP contribution in [0.4, 0.5) is 0 Å². The number of hydrogen-bond acceptors (Lipinski definition) is 3. The van der Waals surface area contributed by atoms with Crippen molar-refractivity contribution < 1.29 is 10.2 Å². The maximum absolute atomic E-state index is 10.4. The first kappa shape index (κ1) is 12.3. The van der Waals surface area contributed by atoms with Crippen LogP contribution >= 0.6 is 0 Å². The summed E-state index contributed by atoms with van der Waals surface area (Å²) < 4.78 is 0. The highest BCUT2D eigenvalue weighted by Gasteiger charge is 2.42. The van der Waals surface area contributed by atoms with E-state index in [9.17, 15) is 10.2 Å². The van der Waals surface area contributed by atoms with Gasteiger partial charge in [0, 0.05) is 18.6 Å². The summed E-state index contributed by atoms with van der Waals surface area (Å²) in [4.78, 5) is 2.46. The van der Waals surface area contributed by atoms with E-state index in [4.69, 9.17) is 0 Å². The minimum absolute atomic E-state index is 0.106. The average Bonchev–Trinajstić information content (AvgIpc) is 2.52. The Morgan fingerprint density at radius 3 is 2.06 bits per heavy atom. The van der Waals surface area contributed by atoms with Crippen molar-refractivity contribution in [1.82, 2.24) is 4.90 Å². The summed E-state index contributed by atoms with van der Waals surface area (Å²) in [7, 11) is 0. The molecule has 2 rings (SSSR count). The standard InChI is InChI=1S/C13H25NO2/c1-3-13(16,4-2)9-14-10-5-6-11(14)8-12(15)7-10/h10-12,15-16H,3-9H2,1-2H3. The van der Waals surface area contributed by atoms with Crippen LogP contribution in [0.1, 0.15) is 52.4 Å². The molecule has 2 heterocycles. The van der Waals surface area contributed by atoms with Gasteiger partial charge in [-0.15, -0.1) is 0 Å². The van der Waals surface area contributed by atoms with Gasteiger partial charge in [-0.1, -0.05) is 13.8 Å². The monoisotopic (exact) mass is 227 g/mol. The van der Waals surface area contributed by atoms with Gasteiger partial charge in [0.1, 0.15) is 0 Å². The normalized spacial score (nSPS) is 35.6. The second kappa shape index (κ2) is 4.63. The molecule has 94 valence electrons. The fourth-order valence-corrected chi connectivity index (χ4v) is 3.32. The molecule has 0 radical (unpaired) electrons. The van der Waals surface area contributed by atoms with Gasteiger partial charge in [-0.2, -0.15) is 0 Å². The summed E-state index contributed by atoms with van der Waals surface area (Å²) >= 11 is 0. The van der Waals surface area contributed by atoms with Crippen molar-refractivity contribution in [3.8, 4) is 0 Å². The molecule has 0 spiro atoms. The van der Waals surface area contributed by atoms with E-state index in [0.717, 1.165) is 32.2 Å². The first-order chi connectivity index (χ1) is 7.58. The minimum atomic E-state index is -0.525. The topological polar surface area (TPSA) is 43.7 Å². The lowest BCUT2D eigenvalue weighted by atomic mass is 9.92. The molecule has 2 aliphatic rings. The zero-order valence-electron chi connectivity index (χ0n) is 10.5. The number of aliphatic hydroxyl groups is 2. The van der Waals surface area contributed by atoms with Crippen LogP contribution in [0.25, 0.3) is 0 Å². The highest BCUT2D eigenvalue weighted by Crippen LogP contribution is 2.37. The molecule has 3 heteroatoms. The average molecular weight is 227 g/mol. The van der Waals surface area contributed by atoms with Crippen LogP contribution in [0.15, 0.2) is 0 Å². The molecular formula is C13H25NO2. The van der Waals surface area contributed by atoms with E-state index in [1.807, 2.05) is 0 Å². The highest BCUT2D eigenvalue weighted by atomic mass is 16.3. The first-order valence-corrected chi connectivity index (χ1v) is 6.74. The van der Waals surface area contributed by atoms with E-state index in [-0.39, 0.29) is 6.10 Å². The van der Waals surface area contributed by atoms with Gasteiger partial charge in [0.15, 0.2) is 0 Å². The second-order valence-corrected chi connectivity index (χ2v) is 5.61. The molecular weight excluding hydrogens is 202 g/mol. The van der Waals surface area contributed by atoms with Crippen molar-refractivity contribution in [2.45, 2.75) is 76.2 Å². The molecule has 2 unspecified atom stereocenters. The first-order valence-electron chi connectivity index (χ1n) is 6.74. The van der Waals surface area contributed by atoms with Crippen molar-refractivity contribution >= 4 is 0 Å². The fourth-order valence-electron chi connectivity index (χ4n) is 3.32. The molecule has 0 aromatic carbocycles. The Morgan fingerprint density at radius 2 is 1.62 bits per heavy atom. The number of rotatable bonds is 4. The van der Waals surface area contributed by atoms with Gasteiger partial charge in [-0.3, -0.25) is 4.90 Å². The Labute approximate surface area is 98.5 Å². The number of hydrogen-bond donors (Lipinski definition) is 2. The molecule has 0 saturated carbocycles. The Hall–Kier alpha value is -0.120. The zero-order chi connectivity index (χ0) is 11.8. The molecule has 0 amide bonds. The van der Waals surface area contributed by atoms with Crippen molar-refractivity contribution in [3.05, 3.63) is 0 Å². The predicted octanol–water partition coefficient (Wildman–Crippen LogP) is 1.53. The van der Waals surface area contributed by atoms with Gasteiger partial charge in [0.25, 0.3) is 0 Å². The van der Waals surface area contributed by atoms with Gasteiger partial charge in [-0.05, 0) is 38.5 Å².